The quantitative estimate of drug-likeness (QED) is 0.526. The van der Waals surface area contributed by atoms with Crippen LogP contribution in [0.1, 0.15) is 12.5 Å². The van der Waals surface area contributed by atoms with Crippen molar-refractivity contribution >= 4 is 29.6 Å². The van der Waals surface area contributed by atoms with E-state index in [9.17, 15) is 19.5 Å². The monoisotopic (exact) mass is 381 g/mol. The maximum atomic E-state index is 12.4. The van der Waals surface area contributed by atoms with Crippen LogP contribution in [0.25, 0.3) is 6.08 Å². The first kappa shape index (κ1) is 19.0. The summed E-state index contributed by atoms with van der Waals surface area (Å²) in [6.07, 6.45) is 1.36. The Bertz CT molecular complexity index is 937. The number of benzene rings is 2. The fraction of sp³-hybridized carbons (Fsp3) is 0.150. The Morgan fingerprint density at radius 1 is 1.18 bits per heavy atom. The van der Waals surface area contributed by atoms with Crippen LogP contribution in [0.3, 0.4) is 0 Å². The van der Waals surface area contributed by atoms with Crippen molar-refractivity contribution in [2.45, 2.75) is 6.92 Å². The van der Waals surface area contributed by atoms with Gasteiger partial charge in [-0.15, -0.1) is 0 Å². The van der Waals surface area contributed by atoms with Crippen molar-refractivity contribution in [3.8, 4) is 11.5 Å². The van der Waals surface area contributed by atoms with E-state index < -0.39 is 24.4 Å². The number of carbonyl (C=O) groups excluding carboxylic acids is 3. The lowest BCUT2D eigenvalue weighted by molar-refractivity contribution is -0.127. The number of aromatic hydroxyl groups is 1. The number of nitrogens with zero attached hydrogens (tertiary/aromatic N) is 1. The van der Waals surface area contributed by atoms with Gasteiger partial charge in [0.15, 0.2) is 0 Å². The molecule has 1 fully saturated rings. The number of imide groups is 1. The molecule has 0 spiro atoms. The Labute approximate surface area is 161 Å². The van der Waals surface area contributed by atoms with Crippen molar-refractivity contribution in [3.63, 3.8) is 0 Å². The van der Waals surface area contributed by atoms with E-state index >= 15 is 0 Å². The zero-order valence-corrected chi connectivity index (χ0v) is 15.1. The molecule has 1 aliphatic rings. The van der Waals surface area contributed by atoms with E-state index in [2.05, 4.69) is 10.6 Å². The molecule has 0 radical (unpaired) electrons. The second-order valence-corrected chi connectivity index (χ2v) is 5.94. The molecule has 8 nitrogen and oxygen atoms in total. The summed E-state index contributed by atoms with van der Waals surface area (Å²) in [4.78, 5) is 37.5. The van der Waals surface area contributed by atoms with Crippen LogP contribution in [0.4, 0.5) is 10.5 Å². The Kier molecular flexibility index (Phi) is 5.59. The highest BCUT2D eigenvalue weighted by Crippen LogP contribution is 2.21. The van der Waals surface area contributed by atoms with Crippen LogP contribution in [0.5, 0.6) is 11.5 Å². The molecule has 0 saturated carbocycles. The molecule has 8 heteroatoms. The lowest BCUT2D eigenvalue weighted by atomic mass is 10.1. The van der Waals surface area contributed by atoms with Crippen LogP contribution in [0, 0.1) is 0 Å². The highest BCUT2D eigenvalue weighted by atomic mass is 16.5. The molecule has 28 heavy (non-hydrogen) atoms. The van der Waals surface area contributed by atoms with Gasteiger partial charge in [0.2, 0.25) is 5.91 Å². The van der Waals surface area contributed by atoms with Gasteiger partial charge in [-0.25, -0.2) is 9.69 Å². The van der Waals surface area contributed by atoms with Gasteiger partial charge < -0.3 is 20.5 Å². The van der Waals surface area contributed by atoms with Crippen LogP contribution in [0.15, 0.2) is 54.2 Å². The van der Waals surface area contributed by atoms with E-state index in [1.165, 1.54) is 12.1 Å². The molecule has 2 aromatic rings. The van der Waals surface area contributed by atoms with E-state index in [1.807, 2.05) is 6.92 Å². The zero-order chi connectivity index (χ0) is 20.1. The first-order chi connectivity index (χ1) is 13.5. The summed E-state index contributed by atoms with van der Waals surface area (Å²) in [6.45, 7) is 1.97. The SMILES string of the molecule is CCOc1ccc(NC(=O)CN2C(=O)N/C(=C\c3ccccc3O)C2=O)cc1. The summed E-state index contributed by atoms with van der Waals surface area (Å²) in [5.74, 6) is -0.510. The molecule has 3 rings (SSSR count). The minimum atomic E-state index is -0.700. The molecule has 144 valence electrons. The van der Waals surface area contributed by atoms with Gasteiger partial charge in [-0.1, -0.05) is 18.2 Å². The van der Waals surface area contributed by atoms with E-state index in [4.69, 9.17) is 4.74 Å². The Hall–Kier alpha value is -3.81. The number of urea groups is 1. The molecule has 1 heterocycles. The number of phenolic OH excluding ortho intramolecular Hbond substituents is 1. The third-order valence-corrected chi connectivity index (χ3v) is 3.95. The summed E-state index contributed by atoms with van der Waals surface area (Å²) in [5, 5.41) is 14.8. The van der Waals surface area contributed by atoms with E-state index in [1.54, 1.807) is 42.5 Å². The molecule has 0 unspecified atom stereocenters. The smallest absolute Gasteiger partial charge is 0.329 e. The summed E-state index contributed by atoms with van der Waals surface area (Å²) in [6, 6.07) is 12.4. The molecule has 0 aliphatic carbocycles. The Morgan fingerprint density at radius 3 is 2.57 bits per heavy atom. The molecule has 2 aromatic carbocycles. The van der Waals surface area contributed by atoms with Gasteiger partial charge in [-0.2, -0.15) is 0 Å². The van der Waals surface area contributed by atoms with Gasteiger partial charge in [-0.05, 0) is 43.3 Å². The standard InChI is InChI=1S/C20H19N3O5/c1-2-28-15-9-7-14(8-10-15)21-18(25)12-23-19(26)16(22-20(23)27)11-13-5-3-4-6-17(13)24/h3-11,24H,2,12H2,1H3,(H,21,25)(H,22,27)/b16-11-. The number of hydrogen-bond donors (Lipinski definition) is 3. The summed E-state index contributed by atoms with van der Waals surface area (Å²) in [5.41, 5.74) is 0.887. The van der Waals surface area contributed by atoms with Crippen LogP contribution < -0.4 is 15.4 Å². The molecule has 3 N–H and O–H groups in total. The van der Waals surface area contributed by atoms with E-state index in [0.29, 0.717) is 23.6 Å². The van der Waals surface area contributed by atoms with Crippen LogP contribution in [0.2, 0.25) is 0 Å². The third-order valence-electron chi connectivity index (χ3n) is 3.95. The number of para-hydroxylation sites is 1. The summed E-state index contributed by atoms with van der Waals surface area (Å²) < 4.78 is 5.33. The molecule has 0 aromatic heterocycles. The maximum absolute atomic E-state index is 12.4. The van der Waals surface area contributed by atoms with Crippen molar-refractivity contribution in [2.75, 3.05) is 18.5 Å². The molecule has 0 bridgehead atoms. The Morgan fingerprint density at radius 2 is 1.89 bits per heavy atom. The topological polar surface area (TPSA) is 108 Å². The second-order valence-electron chi connectivity index (χ2n) is 5.94. The molecule has 4 amide bonds. The molecule has 1 saturated heterocycles. The van der Waals surface area contributed by atoms with Gasteiger partial charge in [-0.3, -0.25) is 9.59 Å². The average Bonchev–Trinajstić information content (AvgIpc) is 2.93. The van der Waals surface area contributed by atoms with Gasteiger partial charge in [0, 0.05) is 11.3 Å². The number of hydrogen-bond acceptors (Lipinski definition) is 5. The van der Waals surface area contributed by atoms with Crippen LogP contribution >= 0.6 is 0 Å². The Balaban J connectivity index is 1.65. The number of nitrogens with one attached hydrogen (secondary N) is 2. The van der Waals surface area contributed by atoms with Gasteiger partial charge >= 0.3 is 6.03 Å². The van der Waals surface area contributed by atoms with Crippen molar-refractivity contribution in [1.29, 1.82) is 0 Å². The van der Waals surface area contributed by atoms with Gasteiger partial charge in [0.25, 0.3) is 5.91 Å². The summed E-state index contributed by atoms with van der Waals surface area (Å²) >= 11 is 0. The van der Waals surface area contributed by atoms with Gasteiger partial charge in [0.05, 0.1) is 6.61 Å². The normalized spacial score (nSPS) is 14.9. The molecule has 0 atom stereocenters. The molecular formula is C20H19N3O5. The minimum Gasteiger partial charge on any atom is -0.507 e. The number of rotatable bonds is 6. The lowest BCUT2D eigenvalue weighted by Gasteiger charge is -2.12. The largest absolute Gasteiger partial charge is 0.507 e. The van der Waals surface area contributed by atoms with Crippen molar-refractivity contribution in [2.24, 2.45) is 0 Å². The first-order valence-electron chi connectivity index (χ1n) is 8.63. The van der Waals surface area contributed by atoms with E-state index in [0.717, 1.165) is 4.90 Å². The number of carbonyl (C=O) groups is 3. The second kappa shape index (κ2) is 8.26. The first-order valence-corrected chi connectivity index (χ1v) is 8.63. The minimum absolute atomic E-state index is 0.0135. The van der Waals surface area contributed by atoms with Gasteiger partial charge in [0.1, 0.15) is 23.7 Å². The van der Waals surface area contributed by atoms with Crippen LogP contribution in [-0.2, 0) is 9.59 Å². The van der Waals surface area contributed by atoms with Crippen molar-refractivity contribution in [3.05, 3.63) is 59.8 Å². The summed E-state index contributed by atoms with van der Waals surface area (Å²) in [7, 11) is 0. The highest BCUT2D eigenvalue weighted by molar-refractivity contribution is 6.16. The average molecular weight is 381 g/mol. The molecule has 1 aliphatic heterocycles. The zero-order valence-electron chi connectivity index (χ0n) is 15.1. The van der Waals surface area contributed by atoms with Crippen molar-refractivity contribution < 1.29 is 24.2 Å². The lowest BCUT2D eigenvalue weighted by Crippen LogP contribution is -2.38. The maximum Gasteiger partial charge on any atom is 0.329 e. The predicted octanol–water partition coefficient (Wildman–Crippen LogP) is 2.32. The fourth-order valence-electron chi connectivity index (χ4n) is 2.63. The highest BCUT2D eigenvalue weighted by Gasteiger charge is 2.35. The predicted molar refractivity (Wildman–Crippen MR) is 103 cm³/mol. The number of ether oxygens (including phenoxy) is 1. The van der Waals surface area contributed by atoms with Crippen LogP contribution in [-0.4, -0.2) is 41.0 Å². The fourth-order valence-corrected chi connectivity index (χ4v) is 2.63. The third kappa shape index (κ3) is 4.29. The molecular weight excluding hydrogens is 362 g/mol. The number of anilines is 1. The number of phenols is 1. The van der Waals surface area contributed by atoms with E-state index in [-0.39, 0.29) is 11.4 Å². The number of amides is 4. The van der Waals surface area contributed by atoms with Crippen molar-refractivity contribution in [1.82, 2.24) is 10.2 Å².